The first-order valence-corrected chi connectivity index (χ1v) is 5.76. The van der Waals surface area contributed by atoms with Gasteiger partial charge in [0.25, 0.3) is 0 Å². The zero-order valence-corrected chi connectivity index (χ0v) is 8.31. The van der Waals surface area contributed by atoms with Crippen molar-refractivity contribution in [3.05, 3.63) is 35.9 Å². The van der Waals surface area contributed by atoms with Crippen molar-refractivity contribution in [3.63, 3.8) is 0 Å². The molecule has 0 aromatic heterocycles. The van der Waals surface area contributed by atoms with Crippen LogP contribution in [0.15, 0.2) is 30.3 Å². The van der Waals surface area contributed by atoms with E-state index in [1.807, 2.05) is 30.3 Å². The second-order valence-corrected chi connectivity index (χ2v) is 4.24. The summed E-state index contributed by atoms with van der Waals surface area (Å²) in [7, 11) is -2.43. The minimum Gasteiger partial charge on any atom is -0.346 e. The van der Waals surface area contributed by atoms with Crippen molar-refractivity contribution in [2.75, 3.05) is 6.16 Å². The summed E-state index contributed by atoms with van der Waals surface area (Å²) >= 11 is 0. The van der Waals surface area contributed by atoms with Crippen LogP contribution in [-0.4, -0.2) is 17.1 Å². The maximum atomic E-state index is 10.5. The summed E-state index contributed by atoms with van der Waals surface area (Å²) in [6.45, 7) is 0. The Labute approximate surface area is 78.5 Å². The van der Waals surface area contributed by atoms with E-state index in [1.54, 1.807) is 0 Å². The molecule has 0 aliphatic rings. The standard InChI is InChI=1S/C9H14NO2P/c10-9(7-13(11)12)6-8-4-2-1-3-5-8/h1-5,9,13H,6-7,10H2,(H,11,12). The number of benzene rings is 1. The summed E-state index contributed by atoms with van der Waals surface area (Å²) in [5.41, 5.74) is 6.78. The van der Waals surface area contributed by atoms with Crippen LogP contribution in [0.4, 0.5) is 0 Å². The summed E-state index contributed by atoms with van der Waals surface area (Å²) in [4.78, 5) is 8.67. The van der Waals surface area contributed by atoms with Crippen LogP contribution in [0.1, 0.15) is 5.56 Å². The monoisotopic (exact) mass is 199 g/mol. The topological polar surface area (TPSA) is 63.3 Å². The molecule has 2 unspecified atom stereocenters. The predicted molar refractivity (Wildman–Crippen MR) is 54.2 cm³/mol. The first-order valence-electron chi connectivity index (χ1n) is 4.20. The average molecular weight is 199 g/mol. The molecule has 0 radical (unpaired) electrons. The van der Waals surface area contributed by atoms with Crippen molar-refractivity contribution in [1.29, 1.82) is 0 Å². The Morgan fingerprint density at radius 3 is 2.54 bits per heavy atom. The fourth-order valence-electron chi connectivity index (χ4n) is 1.21. The molecular weight excluding hydrogens is 185 g/mol. The number of rotatable bonds is 4. The smallest absolute Gasteiger partial charge is 0.190 e. The molecule has 3 nitrogen and oxygen atoms in total. The minimum absolute atomic E-state index is 0.208. The largest absolute Gasteiger partial charge is 0.346 e. The highest BCUT2D eigenvalue weighted by atomic mass is 31.1. The van der Waals surface area contributed by atoms with Gasteiger partial charge in [0.05, 0.1) is 0 Å². The zero-order valence-electron chi connectivity index (χ0n) is 7.31. The van der Waals surface area contributed by atoms with E-state index in [-0.39, 0.29) is 12.2 Å². The number of hydrogen-bond donors (Lipinski definition) is 2. The quantitative estimate of drug-likeness (QED) is 0.711. The van der Waals surface area contributed by atoms with Crippen LogP contribution in [-0.2, 0) is 11.0 Å². The molecule has 0 saturated carbocycles. The SMILES string of the molecule is NC(Cc1ccccc1)C[PH](=O)O. The van der Waals surface area contributed by atoms with Crippen molar-refractivity contribution in [2.24, 2.45) is 5.73 Å². The zero-order chi connectivity index (χ0) is 9.68. The Kier molecular flexibility index (Phi) is 4.16. The van der Waals surface area contributed by atoms with E-state index in [2.05, 4.69) is 0 Å². The molecule has 0 bridgehead atoms. The first kappa shape index (κ1) is 10.5. The average Bonchev–Trinajstić information content (AvgIpc) is 2.04. The number of nitrogens with two attached hydrogens (primary N) is 1. The van der Waals surface area contributed by atoms with E-state index < -0.39 is 8.03 Å². The van der Waals surface area contributed by atoms with Crippen LogP contribution in [0, 0.1) is 0 Å². The maximum absolute atomic E-state index is 10.5. The van der Waals surface area contributed by atoms with E-state index in [0.29, 0.717) is 6.42 Å². The van der Waals surface area contributed by atoms with Crippen LogP contribution in [0.2, 0.25) is 0 Å². The predicted octanol–water partition coefficient (Wildman–Crippen LogP) is 1.02. The van der Waals surface area contributed by atoms with Crippen LogP contribution >= 0.6 is 8.03 Å². The van der Waals surface area contributed by atoms with Crippen molar-refractivity contribution in [1.82, 2.24) is 0 Å². The fraction of sp³-hybridized carbons (Fsp3) is 0.333. The third kappa shape index (κ3) is 4.23. The van der Waals surface area contributed by atoms with Gasteiger partial charge in [-0.05, 0) is 12.0 Å². The van der Waals surface area contributed by atoms with Crippen LogP contribution < -0.4 is 5.73 Å². The van der Waals surface area contributed by atoms with E-state index >= 15 is 0 Å². The molecule has 0 fully saturated rings. The van der Waals surface area contributed by atoms with Gasteiger partial charge in [0, 0.05) is 12.2 Å². The number of hydrogen-bond acceptors (Lipinski definition) is 2. The van der Waals surface area contributed by atoms with Gasteiger partial charge in [-0.15, -0.1) is 0 Å². The van der Waals surface area contributed by atoms with Gasteiger partial charge in [-0.3, -0.25) is 4.57 Å². The molecule has 1 aromatic rings. The summed E-state index contributed by atoms with van der Waals surface area (Å²) in [6, 6.07) is 9.53. The molecule has 72 valence electrons. The molecule has 2 atom stereocenters. The van der Waals surface area contributed by atoms with Gasteiger partial charge in [0.1, 0.15) is 0 Å². The van der Waals surface area contributed by atoms with E-state index in [9.17, 15) is 4.57 Å². The maximum Gasteiger partial charge on any atom is 0.190 e. The highest BCUT2D eigenvalue weighted by Crippen LogP contribution is 2.15. The van der Waals surface area contributed by atoms with E-state index in [0.717, 1.165) is 5.56 Å². The molecule has 1 rings (SSSR count). The van der Waals surface area contributed by atoms with Crippen molar-refractivity contribution in [2.45, 2.75) is 12.5 Å². The Morgan fingerprint density at radius 1 is 1.38 bits per heavy atom. The summed E-state index contributed by atoms with van der Waals surface area (Å²) in [6.07, 6.45) is 0.872. The first-order chi connectivity index (χ1) is 6.18. The highest BCUT2D eigenvalue weighted by molar-refractivity contribution is 7.38. The third-order valence-electron chi connectivity index (χ3n) is 1.78. The molecular formula is C9H14NO2P. The fourth-order valence-corrected chi connectivity index (χ4v) is 1.81. The molecule has 0 spiro atoms. The van der Waals surface area contributed by atoms with Gasteiger partial charge in [-0.25, -0.2) is 0 Å². The lowest BCUT2D eigenvalue weighted by atomic mass is 10.1. The lowest BCUT2D eigenvalue weighted by Crippen LogP contribution is -2.25. The minimum atomic E-state index is -2.43. The normalized spacial score (nSPS) is 15.2. The Morgan fingerprint density at radius 2 is 2.00 bits per heavy atom. The van der Waals surface area contributed by atoms with Crippen molar-refractivity contribution in [3.8, 4) is 0 Å². The molecule has 0 amide bonds. The van der Waals surface area contributed by atoms with E-state index in [4.69, 9.17) is 10.6 Å². The Bertz CT molecular complexity index is 276. The molecule has 4 heteroatoms. The van der Waals surface area contributed by atoms with Gasteiger partial charge in [0.2, 0.25) is 0 Å². The van der Waals surface area contributed by atoms with Gasteiger partial charge in [0.15, 0.2) is 8.03 Å². The van der Waals surface area contributed by atoms with Crippen molar-refractivity contribution < 1.29 is 9.46 Å². The van der Waals surface area contributed by atoms with Gasteiger partial charge >= 0.3 is 0 Å². The highest BCUT2D eigenvalue weighted by Gasteiger charge is 2.06. The summed E-state index contributed by atoms with van der Waals surface area (Å²) < 4.78 is 10.5. The molecule has 0 aliphatic carbocycles. The van der Waals surface area contributed by atoms with Crippen molar-refractivity contribution >= 4 is 8.03 Å². The van der Waals surface area contributed by atoms with E-state index in [1.165, 1.54) is 0 Å². The van der Waals surface area contributed by atoms with Crippen LogP contribution in [0.5, 0.6) is 0 Å². The lowest BCUT2D eigenvalue weighted by molar-refractivity contribution is 0.496. The molecule has 0 heterocycles. The van der Waals surface area contributed by atoms with Crippen LogP contribution in [0.3, 0.4) is 0 Å². The summed E-state index contributed by atoms with van der Waals surface area (Å²) in [5, 5.41) is 0. The second-order valence-electron chi connectivity index (χ2n) is 3.05. The second kappa shape index (κ2) is 5.18. The molecule has 1 aromatic carbocycles. The van der Waals surface area contributed by atoms with Gasteiger partial charge < -0.3 is 10.6 Å². The molecule has 0 aliphatic heterocycles. The molecule has 3 N–H and O–H groups in total. The molecule has 0 saturated heterocycles. The molecule has 13 heavy (non-hydrogen) atoms. The third-order valence-corrected chi connectivity index (χ3v) is 2.65. The lowest BCUT2D eigenvalue weighted by Gasteiger charge is -2.08. The van der Waals surface area contributed by atoms with Crippen LogP contribution in [0.25, 0.3) is 0 Å². The van der Waals surface area contributed by atoms with Gasteiger partial charge in [-0.1, -0.05) is 30.3 Å². The Balaban J connectivity index is 2.45. The summed E-state index contributed by atoms with van der Waals surface area (Å²) in [5.74, 6) is 0. The van der Waals surface area contributed by atoms with Gasteiger partial charge in [-0.2, -0.15) is 0 Å². The Hall–Kier alpha value is -0.630.